The molecule has 0 aliphatic carbocycles. The Bertz CT molecular complexity index is 1500. The van der Waals surface area contributed by atoms with Crippen molar-refractivity contribution in [2.24, 2.45) is 5.92 Å². The zero-order valence-corrected chi connectivity index (χ0v) is 24.1. The van der Waals surface area contributed by atoms with Crippen molar-refractivity contribution in [3.05, 3.63) is 102 Å². The van der Waals surface area contributed by atoms with Crippen LogP contribution >= 0.6 is 0 Å². The van der Waals surface area contributed by atoms with Gasteiger partial charge in [-0.05, 0) is 80.7 Å². The van der Waals surface area contributed by atoms with Gasteiger partial charge in [-0.3, -0.25) is 15.1 Å². The Morgan fingerprint density at radius 1 is 0.951 bits per heavy atom. The zero-order chi connectivity index (χ0) is 29.0. The lowest BCUT2D eigenvalue weighted by atomic mass is 9.76. The summed E-state index contributed by atoms with van der Waals surface area (Å²) in [4.78, 5) is 31.1. The third-order valence-electron chi connectivity index (χ3n) is 7.60. The first-order valence-corrected chi connectivity index (χ1v) is 14.2. The molecule has 1 fully saturated rings. The van der Waals surface area contributed by atoms with Crippen LogP contribution in [-0.2, 0) is 5.41 Å². The molecule has 0 bridgehead atoms. The molecule has 1 unspecified atom stereocenters. The Labute approximate surface area is 241 Å². The third-order valence-corrected chi connectivity index (χ3v) is 7.60. The molecule has 1 aliphatic heterocycles. The van der Waals surface area contributed by atoms with Gasteiger partial charge in [0.2, 0.25) is 0 Å². The second-order valence-electron chi connectivity index (χ2n) is 11.8. The molecular formula is C33H38N6O2. The zero-order valence-electron chi connectivity index (χ0n) is 24.1. The van der Waals surface area contributed by atoms with E-state index in [0.717, 1.165) is 48.4 Å². The minimum absolute atomic E-state index is 0.0811. The van der Waals surface area contributed by atoms with E-state index >= 15 is 0 Å². The van der Waals surface area contributed by atoms with E-state index in [2.05, 4.69) is 41.7 Å². The molecule has 1 atom stereocenters. The van der Waals surface area contributed by atoms with E-state index in [-0.39, 0.29) is 29.1 Å². The van der Waals surface area contributed by atoms with E-state index in [1.807, 2.05) is 61.5 Å². The van der Waals surface area contributed by atoms with Gasteiger partial charge < -0.3 is 10.6 Å². The van der Waals surface area contributed by atoms with Gasteiger partial charge in [-0.25, -0.2) is 9.48 Å². The number of nitrogens with one attached hydrogen (secondary N) is 3. The molecule has 2 aromatic heterocycles. The summed E-state index contributed by atoms with van der Waals surface area (Å²) in [6.45, 7) is 10.1. The highest BCUT2D eigenvalue weighted by Gasteiger charge is 2.32. The number of piperidine rings is 1. The SMILES string of the molecule is Cc1ccc(-n2nc(C(C)(C)C)cc2NC(=O)Nc2cccc(C(C(=O)c3ccncc3)C3CCNCC3)c2)cc1. The molecule has 212 valence electrons. The molecule has 3 N–H and O–H groups in total. The molecule has 1 saturated heterocycles. The Hall–Kier alpha value is -4.30. The first-order chi connectivity index (χ1) is 19.7. The van der Waals surface area contributed by atoms with Crippen molar-refractivity contribution in [1.29, 1.82) is 0 Å². The van der Waals surface area contributed by atoms with Gasteiger partial charge in [-0.2, -0.15) is 5.10 Å². The van der Waals surface area contributed by atoms with Crippen LogP contribution in [0.2, 0.25) is 0 Å². The van der Waals surface area contributed by atoms with Crippen LogP contribution in [0.3, 0.4) is 0 Å². The van der Waals surface area contributed by atoms with Gasteiger partial charge in [0.15, 0.2) is 5.78 Å². The van der Waals surface area contributed by atoms with Gasteiger partial charge in [0, 0.05) is 35.1 Å². The molecule has 5 rings (SSSR count). The number of ketones is 1. The van der Waals surface area contributed by atoms with Crippen LogP contribution in [0.15, 0.2) is 79.1 Å². The number of amides is 2. The normalized spacial score (nSPS) is 14.8. The fraction of sp³-hybridized carbons (Fsp3) is 0.333. The van der Waals surface area contributed by atoms with E-state index in [1.54, 1.807) is 29.2 Å². The molecule has 0 radical (unpaired) electrons. The highest BCUT2D eigenvalue weighted by Crippen LogP contribution is 2.35. The summed E-state index contributed by atoms with van der Waals surface area (Å²) in [6, 6.07) is 20.7. The fourth-order valence-electron chi connectivity index (χ4n) is 5.32. The van der Waals surface area contributed by atoms with Crippen LogP contribution < -0.4 is 16.0 Å². The Morgan fingerprint density at radius 3 is 2.34 bits per heavy atom. The molecule has 2 amide bonds. The van der Waals surface area contributed by atoms with Crippen molar-refractivity contribution in [3.63, 3.8) is 0 Å². The quantitative estimate of drug-likeness (QED) is 0.229. The predicted octanol–water partition coefficient (Wildman–Crippen LogP) is 6.48. The van der Waals surface area contributed by atoms with Gasteiger partial charge in [-0.1, -0.05) is 50.6 Å². The first-order valence-electron chi connectivity index (χ1n) is 14.2. The smallest absolute Gasteiger partial charge is 0.317 e. The Balaban J connectivity index is 1.39. The number of pyridine rings is 1. The highest BCUT2D eigenvalue weighted by atomic mass is 16.2. The number of rotatable bonds is 7. The molecular weight excluding hydrogens is 512 g/mol. The number of anilines is 2. The van der Waals surface area contributed by atoms with E-state index < -0.39 is 0 Å². The Morgan fingerprint density at radius 2 is 1.66 bits per heavy atom. The van der Waals surface area contributed by atoms with E-state index in [4.69, 9.17) is 5.10 Å². The minimum atomic E-state index is -0.380. The molecule has 0 spiro atoms. The maximum absolute atomic E-state index is 13.7. The van der Waals surface area contributed by atoms with Crippen molar-refractivity contribution in [2.45, 2.75) is 51.9 Å². The van der Waals surface area contributed by atoms with Crippen LogP contribution in [0.5, 0.6) is 0 Å². The minimum Gasteiger partial charge on any atom is -0.317 e. The summed E-state index contributed by atoms with van der Waals surface area (Å²) in [6.07, 6.45) is 5.14. The molecule has 1 aliphatic rings. The average Bonchev–Trinajstić information content (AvgIpc) is 3.39. The molecule has 4 aromatic rings. The van der Waals surface area contributed by atoms with Gasteiger partial charge in [0.05, 0.1) is 17.3 Å². The van der Waals surface area contributed by atoms with Crippen LogP contribution in [0.25, 0.3) is 5.69 Å². The molecule has 0 saturated carbocycles. The maximum Gasteiger partial charge on any atom is 0.324 e. The van der Waals surface area contributed by atoms with Gasteiger partial charge >= 0.3 is 6.03 Å². The summed E-state index contributed by atoms with van der Waals surface area (Å²) in [5, 5.41) is 14.2. The highest BCUT2D eigenvalue weighted by molar-refractivity contribution is 6.02. The second-order valence-corrected chi connectivity index (χ2v) is 11.8. The van der Waals surface area contributed by atoms with Crippen molar-refractivity contribution in [1.82, 2.24) is 20.1 Å². The van der Waals surface area contributed by atoms with Crippen LogP contribution in [-0.4, -0.2) is 39.7 Å². The summed E-state index contributed by atoms with van der Waals surface area (Å²) in [7, 11) is 0. The van der Waals surface area contributed by atoms with Gasteiger partial charge in [-0.15, -0.1) is 0 Å². The number of hydrogen-bond donors (Lipinski definition) is 3. The van der Waals surface area contributed by atoms with Crippen molar-refractivity contribution < 1.29 is 9.59 Å². The topological polar surface area (TPSA) is 101 Å². The fourth-order valence-corrected chi connectivity index (χ4v) is 5.32. The van der Waals surface area contributed by atoms with Crippen molar-refractivity contribution in [2.75, 3.05) is 23.7 Å². The van der Waals surface area contributed by atoms with Crippen LogP contribution in [0.1, 0.15) is 66.7 Å². The van der Waals surface area contributed by atoms with Gasteiger partial charge in [0.25, 0.3) is 0 Å². The Kier molecular flexibility index (Phi) is 8.31. The standard InChI is InChI=1S/C33H38N6O2/c1-22-8-10-27(11-9-22)39-29(21-28(38-39)33(2,3)4)37-32(41)36-26-7-5-6-25(20-26)30(23-12-16-34-17-13-23)31(40)24-14-18-35-19-15-24/h5-11,14-15,18-21,23,30,34H,12-13,16-17H2,1-4H3,(H2,36,37,41). The number of urea groups is 1. The second kappa shape index (κ2) is 12.1. The number of hydrogen-bond acceptors (Lipinski definition) is 5. The van der Waals surface area contributed by atoms with Crippen LogP contribution in [0, 0.1) is 12.8 Å². The van der Waals surface area contributed by atoms with Crippen molar-refractivity contribution in [3.8, 4) is 5.69 Å². The van der Waals surface area contributed by atoms with Gasteiger partial charge in [0.1, 0.15) is 5.82 Å². The number of carbonyl (C=O) groups is 2. The lowest BCUT2D eigenvalue weighted by molar-refractivity contribution is 0.0916. The van der Waals surface area contributed by atoms with E-state index in [1.165, 1.54) is 0 Å². The van der Waals surface area contributed by atoms with Crippen molar-refractivity contribution >= 4 is 23.3 Å². The number of Topliss-reactive ketones (excluding diaryl/α,β-unsaturated/α-hetero) is 1. The summed E-state index contributed by atoms with van der Waals surface area (Å²) in [5.41, 5.74) is 4.86. The lowest BCUT2D eigenvalue weighted by Crippen LogP contribution is -2.33. The lowest BCUT2D eigenvalue weighted by Gasteiger charge is -2.30. The van der Waals surface area contributed by atoms with E-state index in [0.29, 0.717) is 17.1 Å². The number of carbonyl (C=O) groups excluding carboxylic acids is 2. The molecule has 8 heteroatoms. The van der Waals surface area contributed by atoms with E-state index in [9.17, 15) is 9.59 Å². The molecule has 41 heavy (non-hydrogen) atoms. The molecule has 8 nitrogen and oxygen atoms in total. The number of aryl methyl sites for hydroxylation is 1. The number of aromatic nitrogens is 3. The first kappa shape index (κ1) is 28.2. The average molecular weight is 551 g/mol. The third kappa shape index (κ3) is 6.72. The predicted molar refractivity (Wildman–Crippen MR) is 163 cm³/mol. The maximum atomic E-state index is 13.7. The largest absolute Gasteiger partial charge is 0.324 e. The number of benzene rings is 2. The molecule has 2 aromatic carbocycles. The van der Waals surface area contributed by atoms with Crippen LogP contribution in [0.4, 0.5) is 16.3 Å². The summed E-state index contributed by atoms with van der Waals surface area (Å²) < 4.78 is 1.76. The summed E-state index contributed by atoms with van der Waals surface area (Å²) >= 11 is 0. The number of nitrogens with zero attached hydrogens (tertiary/aromatic N) is 3. The monoisotopic (exact) mass is 550 g/mol. The summed E-state index contributed by atoms with van der Waals surface area (Å²) in [5.74, 6) is 0.563. The molecule has 3 heterocycles.